The molecule has 0 unspecified atom stereocenters. The van der Waals surface area contributed by atoms with Crippen LogP contribution in [-0.4, -0.2) is 26.9 Å². The Morgan fingerprint density at radius 3 is 2.41 bits per heavy atom. The number of alkyl halides is 3. The molecule has 0 aromatic heterocycles. The monoisotopic (exact) mass is 486 g/mol. The van der Waals surface area contributed by atoms with Crippen molar-refractivity contribution in [2.24, 2.45) is 11.8 Å². The van der Waals surface area contributed by atoms with Gasteiger partial charge in [0.25, 0.3) is 10.0 Å². The Morgan fingerprint density at radius 2 is 1.81 bits per heavy atom. The fourth-order valence-electron chi connectivity index (χ4n) is 4.70. The number of rotatable bonds is 6. The highest BCUT2D eigenvalue weighted by Crippen LogP contribution is 2.44. The standard InChI is InChI=1S/C22H22ClF3N2O3S/c23-18-9-8-16(22(24,25)26)12-20(18)28(32(30,31)17-4-2-1-3-5-17)13-21(29)27-19-11-14-6-7-15(19)10-14/h1-5,8-9,12,14-15,19H,6-7,10-11,13H2,(H,27,29)/t14-,15+,19+/m1/s1. The van der Waals surface area contributed by atoms with E-state index in [1.54, 1.807) is 6.07 Å². The summed E-state index contributed by atoms with van der Waals surface area (Å²) in [5, 5.41) is 2.68. The average molecular weight is 487 g/mol. The molecule has 2 aromatic carbocycles. The molecule has 0 saturated heterocycles. The van der Waals surface area contributed by atoms with E-state index in [9.17, 15) is 26.4 Å². The number of nitrogens with one attached hydrogen (secondary N) is 1. The number of anilines is 1. The number of benzene rings is 2. The van der Waals surface area contributed by atoms with Gasteiger partial charge in [-0.25, -0.2) is 8.42 Å². The van der Waals surface area contributed by atoms with E-state index in [-0.39, 0.29) is 16.0 Å². The Hall–Kier alpha value is -2.26. The Morgan fingerprint density at radius 1 is 1.09 bits per heavy atom. The number of fused-ring (bicyclic) bond motifs is 2. The van der Waals surface area contributed by atoms with E-state index in [0.29, 0.717) is 22.2 Å². The molecular weight excluding hydrogens is 465 g/mol. The van der Waals surface area contributed by atoms with Crippen LogP contribution in [0.3, 0.4) is 0 Å². The van der Waals surface area contributed by atoms with Crippen LogP contribution in [0.4, 0.5) is 18.9 Å². The van der Waals surface area contributed by atoms with Gasteiger partial charge in [0.2, 0.25) is 5.91 Å². The third-order valence-corrected chi connectivity index (χ3v) is 8.34. The van der Waals surface area contributed by atoms with Gasteiger partial charge in [0.15, 0.2) is 0 Å². The molecule has 1 amide bonds. The van der Waals surface area contributed by atoms with Gasteiger partial charge in [0.05, 0.1) is 21.2 Å². The van der Waals surface area contributed by atoms with Crippen molar-refractivity contribution in [3.8, 4) is 0 Å². The lowest BCUT2D eigenvalue weighted by Gasteiger charge is -2.28. The van der Waals surface area contributed by atoms with Crippen molar-refractivity contribution in [2.45, 2.75) is 42.8 Å². The molecule has 2 fully saturated rings. The van der Waals surface area contributed by atoms with E-state index in [0.717, 1.165) is 37.8 Å². The molecule has 4 rings (SSSR count). The number of halogens is 4. The molecule has 0 spiro atoms. The number of carbonyl (C=O) groups is 1. The van der Waals surface area contributed by atoms with Crippen LogP contribution >= 0.6 is 11.6 Å². The lowest BCUT2D eigenvalue weighted by molar-refractivity contribution is -0.137. The minimum atomic E-state index is -4.70. The molecule has 32 heavy (non-hydrogen) atoms. The van der Waals surface area contributed by atoms with Crippen molar-refractivity contribution in [1.82, 2.24) is 5.32 Å². The number of carbonyl (C=O) groups excluding carboxylic acids is 1. The highest BCUT2D eigenvalue weighted by atomic mass is 35.5. The Kier molecular flexibility index (Phi) is 6.15. The zero-order valence-electron chi connectivity index (χ0n) is 17.0. The van der Waals surface area contributed by atoms with Crippen molar-refractivity contribution in [1.29, 1.82) is 0 Å². The quantitative estimate of drug-likeness (QED) is 0.634. The van der Waals surface area contributed by atoms with Crippen LogP contribution < -0.4 is 9.62 Å². The van der Waals surface area contributed by atoms with Crippen molar-refractivity contribution in [2.75, 3.05) is 10.8 Å². The third-order valence-electron chi connectivity index (χ3n) is 6.25. The summed E-state index contributed by atoms with van der Waals surface area (Å²) >= 11 is 6.13. The second kappa shape index (κ2) is 8.59. The van der Waals surface area contributed by atoms with E-state index < -0.39 is 39.9 Å². The van der Waals surface area contributed by atoms with Gasteiger partial charge >= 0.3 is 6.18 Å². The summed E-state index contributed by atoms with van der Waals surface area (Å²) in [7, 11) is -4.36. The predicted molar refractivity (Wildman–Crippen MR) is 115 cm³/mol. The predicted octanol–water partition coefficient (Wildman–Crippen LogP) is 4.86. The zero-order valence-corrected chi connectivity index (χ0v) is 18.6. The van der Waals surface area contributed by atoms with Gasteiger partial charge in [-0.15, -0.1) is 0 Å². The molecule has 172 valence electrons. The molecule has 2 aliphatic rings. The third kappa shape index (κ3) is 4.59. The fraction of sp³-hybridized carbons (Fsp3) is 0.409. The lowest BCUT2D eigenvalue weighted by Crippen LogP contribution is -2.46. The normalized spacial score (nSPS) is 22.7. The maximum absolute atomic E-state index is 13.4. The van der Waals surface area contributed by atoms with Crippen molar-refractivity contribution in [3.05, 3.63) is 59.1 Å². The number of nitrogens with zero attached hydrogens (tertiary/aromatic N) is 1. The van der Waals surface area contributed by atoms with Crippen molar-refractivity contribution in [3.63, 3.8) is 0 Å². The highest BCUT2D eigenvalue weighted by molar-refractivity contribution is 7.92. The summed E-state index contributed by atoms with van der Waals surface area (Å²) in [6.45, 7) is -0.674. The highest BCUT2D eigenvalue weighted by Gasteiger charge is 2.41. The summed E-state index contributed by atoms with van der Waals surface area (Å²) in [6, 6.07) is 9.61. The van der Waals surface area contributed by atoms with E-state index in [2.05, 4.69) is 5.32 Å². The number of sulfonamides is 1. The summed E-state index contributed by atoms with van der Waals surface area (Å²) in [4.78, 5) is 12.7. The summed E-state index contributed by atoms with van der Waals surface area (Å²) < 4.78 is 67.3. The molecule has 10 heteroatoms. The zero-order chi connectivity index (χ0) is 23.1. The second-order valence-electron chi connectivity index (χ2n) is 8.34. The first kappa shape index (κ1) is 22.9. The summed E-state index contributed by atoms with van der Waals surface area (Å²) in [5.41, 5.74) is -1.45. The molecule has 3 atom stereocenters. The van der Waals surface area contributed by atoms with Crippen LogP contribution in [0.2, 0.25) is 5.02 Å². The largest absolute Gasteiger partial charge is 0.416 e. The van der Waals surface area contributed by atoms with Crippen LogP contribution in [0.15, 0.2) is 53.4 Å². The van der Waals surface area contributed by atoms with Gasteiger partial charge in [-0.05, 0) is 61.4 Å². The Labute approximate surface area is 189 Å². The molecule has 2 saturated carbocycles. The van der Waals surface area contributed by atoms with E-state index in [1.807, 2.05) is 0 Å². The van der Waals surface area contributed by atoms with E-state index >= 15 is 0 Å². The van der Waals surface area contributed by atoms with E-state index in [4.69, 9.17) is 11.6 Å². The van der Waals surface area contributed by atoms with Gasteiger partial charge in [-0.2, -0.15) is 13.2 Å². The molecule has 5 nitrogen and oxygen atoms in total. The Balaban J connectivity index is 1.68. The first-order valence-corrected chi connectivity index (χ1v) is 12.1. The first-order chi connectivity index (χ1) is 15.1. The topological polar surface area (TPSA) is 66.5 Å². The number of amides is 1. The number of hydrogen-bond acceptors (Lipinski definition) is 3. The van der Waals surface area contributed by atoms with Gasteiger partial charge < -0.3 is 5.32 Å². The molecular formula is C22H22ClF3N2O3S. The summed E-state index contributed by atoms with van der Waals surface area (Å²) in [6.07, 6.45) is -0.679. The molecule has 0 heterocycles. The fourth-order valence-corrected chi connectivity index (χ4v) is 6.43. The van der Waals surface area contributed by atoms with Crippen molar-refractivity contribution < 1.29 is 26.4 Å². The average Bonchev–Trinajstić information content (AvgIpc) is 3.35. The van der Waals surface area contributed by atoms with E-state index in [1.165, 1.54) is 24.3 Å². The van der Waals surface area contributed by atoms with Gasteiger partial charge in [0.1, 0.15) is 6.54 Å². The van der Waals surface area contributed by atoms with Crippen LogP contribution in [0.1, 0.15) is 31.2 Å². The minimum absolute atomic E-state index is 0.0421. The van der Waals surface area contributed by atoms with Crippen LogP contribution in [0, 0.1) is 11.8 Å². The minimum Gasteiger partial charge on any atom is -0.352 e. The molecule has 2 aliphatic carbocycles. The van der Waals surface area contributed by atoms with Crippen LogP contribution in [0.25, 0.3) is 0 Å². The maximum Gasteiger partial charge on any atom is 0.416 e. The summed E-state index contributed by atoms with van der Waals surface area (Å²) in [5.74, 6) is 0.350. The molecule has 1 N–H and O–H groups in total. The lowest BCUT2D eigenvalue weighted by atomic mass is 9.95. The second-order valence-corrected chi connectivity index (χ2v) is 10.6. The number of hydrogen-bond donors (Lipinski definition) is 1. The maximum atomic E-state index is 13.4. The van der Waals surface area contributed by atoms with Gasteiger partial charge in [0, 0.05) is 6.04 Å². The SMILES string of the molecule is O=C(CN(c1cc(C(F)(F)F)ccc1Cl)S(=O)(=O)c1ccccc1)N[C@H]1C[C@@H]2CC[C@H]1C2. The molecule has 2 aromatic rings. The van der Waals surface area contributed by atoms with Crippen LogP contribution in [-0.2, 0) is 21.0 Å². The van der Waals surface area contributed by atoms with Gasteiger partial charge in [-0.1, -0.05) is 36.2 Å². The molecule has 0 aliphatic heterocycles. The Bertz CT molecular complexity index is 1110. The van der Waals surface area contributed by atoms with Crippen molar-refractivity contribution >= 4 is 33.2 Å². The van der Waals surface area contributed by atoms with Crippen LogP contribution in [0.5, 0.6) is 0 Å². The smallest absolute Gasteiger partial charge is 0.352 e. The molecule has 0 radical (unpaired) electrons. The molecule has 2 bridgehead atoms. The van der Waals surface area contributed by atoms with Gasteiger partial charge in [-0.3, -0.25) is 9.10 Å². The first-order valence-electron chi connectivity index (χ1n) is 10.3.